The summed E-state index contributed by atoms with van der Waals surface area (Å²) in [5.41, 5.74) is 4.27. The Morgan fingerprint density at radius 2 is 1.69 bits per heavy atom. The molecule has 0 aliphatic heterocycles. The zero-order chi connectivity index (χ0) is 20.2. The maximum atomic E-state index is 5.38. The van der Waals surface area contributed by atoms with Gasteiger partial charge in [-0.2, -0.15) is 14.6 Å². The second-order valence-corrected chi connectivity index (χ2v) is 6.73. The smallest absolute Gasteiger partial charge is 0.254 e. The Bertz CT molecular complexity index is 1100. The number of ether oxygens (including phenoxy) is 2. The van der Waals surface area contributed by atoms with E-state index in [-0.39, 0.29) is 0 Å². The number of benzene rings is 2. The van der Waals surface area contributed by atoms with Crippen LogP contribution in [0.3, 0.4) is 0 Å². The normalized spacial score (nSPS) is 10.9. The zero-order valence-electron chi connectivity index (χ0n) is 16.7. The Kier molecular flexibility index (Phi) is 5.29. The van der Waals surface area contributed by atoms with Crippen LogP contribution in [-0.4, -0.2) is 33.8 Å². The van der Waals surface area contributed by atoms with Crippen LogP contribution in [-0.2, 0) is 13.0 Å². The summed E-state index contributed by atoms with van der Waals surface area (Å²) in [7, 11) is 3.30. The minimum absolute atomic E-state index is 0.574. The number of nitrogens with one attached hydrogen (secondary N) is 1. The molecule has 4 rings (SSSR count). The number of methoxy groups -OCH3 is 2. The summed E-state index contributed by atoms with van der Waals surface area (Å²) < 4.78 is 12.5. The van der Waals surface area contributed by atoms with Crippen LogP contribution in [0, 0.1) is 6.92 Å². The van der Waals surface area contributed by atoms with Crippen LogP contribution >= 0.6 is 0 Å². The van der Waals surface area contributed by atoms with E-state index in [0.29, 0.717) is 12.3 Å². The van der Waals surface area contributed by atoms with E-state index in [4.69, 9.17) is 9.47 Å². The van der Waals surface area contributed by atoms with Crippen molar-refractivity contribution in [2.75, 3.05) is 19.5 Å². The molecule has 0 radical (unpaired) electrons. The predicted octanol–water partition coefficient (Wildman–Crippen LogP) is 3.65. The lowest BCUT2D eigenvalue weighted by Crippen LogP contribution is -2.12. The molecule has 0 amide bonds. The molecule has 2 aromatic carbocycles. The van der Waals surface area contributed by atoms with E-state index in [0.717, 1.165) is 40.6 Å². The molecule has 7 heteroatoms. The minimum Gasteiger partial charge on any atom is -0.497 e. The fourth-order valence-corrected chi connectivity index (χ4v) is 3.33. The van der Waals surface area contributed by atoms with Gasteiger partial charge in [-0.15, -0.1) is 0 Å². The Morgan fingerprint density at radius 3 is 2.38 bits per heavy atom. The Labute approximate surface area is 169 Å². The Morgan fingerprint density at radius 1 is 0.966 bits per heavy atom. The SMILES string of the molecule is COc1cc(CNc2c(Cc3ccccc3)c(C)nc3ncnn23)cc(OC)c1. The van der Waals surface area contributed by atoms with Crippen LogP contribution in [0.25, 0.3) is 5.78 Å². The number of anilines is 1. The van der Waals surface area contributed by atoms with E-state index in [1.807, 2.05) is 43.3 Å². The van der Waals surface area contributed by atoms with Gasteiger partial charge in [0, 0.05) is 30.3 Å². The van der Waals surface area contributed by atoms with Crippen molar-refractivity contribution in [3.8, 4) is 11.5 Å². The second-order valence-electron chi connectivity index (χ2n) is 6.73. The highest BCUT2D eigenvalue weighted by Gasteiger charge is 2.15. The van der Waals surface area contributed by atoms with Crippen molar-refractivity contribution in [2.45, 2.75) is 19.9 Å². The monoisotopic (exact) mass is 389 g/mol. The highest BCUT2D eigenvalue weighted by Crippen LogP contribution is 2.26. The average Bonchev–Trinajstić information content (AvgIpc) is 3.22. The topological polar surface area (TPSA) is 73.6 Å². The highest BCUT2D eigenvalue weighted by molar-refractivity contribution is 5.55. The van der Waals surface area contributed by atoms with Gasteiger partial charge in [-0.05, 0) is 30.2 Å². The fourth-order valence-electron chi connectivity index (χ4n) is 3.33. The Balaban J connectivity index is 1.70. The van der Waals surface area contributed by atoms with Gasteiger partial charge in [0.2, 0.25) is 0 Å². The molecule has 0 aliphatic rings. The first-order valence-corrected chi connectivity index (χ1v) is 9.37. The summed E-state index contributed by atoms with van der Waals surface area (Å²) in [6.07, 6.45) is 2.27. The van der Waals surface area contributed by atoms with Gasteiger partial charge in [-0.1, -0.05) is 30.3 Å². The summed E-state index contributed by atoms with van der Waals surface area (Å²) in [6, 6.07) is 16.2. The van der Waals surface area contributed by atoms with Gasteiger partial charge in [-0.25, -0.2) is 4.98 Å². The molecule has 29 heavy (non-hydrogen) atoms. The summed E-state index contributed by atoms with van der Waals surface area (Å²) >= 11 is 0. The average molecular weight is 389 g/mol. The van der Waals surface area contributed by atoms with Crippen LogP contribution in [0.2, 0.25) is 0 Å². The molecule has 1 N–H and O–H groups in total. The molecule has 0 bridgehead atoms. The number of rotatable bonds is 7. The van der Waals surface area contributed by atoms with Gasteiger partial charge in [0.05, 0.1) is 14.2 Å². The lowest BCUT2D eigenvalue weighted by Gasteiger charge is -2.16. The first-order chi connectivity index (χ1) is 14.2. The van der Waals surface area contributed by atoms with Crippen molar-refractivity contribution in [2.24, 2.45) is 0 Å². The van der Waals surface area contributed by atoms with E-state index in [1.54, 1.807) is 18.7 Å². The van der Waals surface area contributed by atoms with Crippen molar-refractivity contribution in [1.29, 1.82) is 0 Å². The summed E-state index contributed by atoms with van der Waals surface area (Å²) in [4.78, 5) is 8.87. The van der Waals surface area contributed by atoms with Gasteiger partial charge in [0.25, 0.3) is 5.78 Å². The van der Waals surface area contributed by atoms with E-state index < -0.39 is 0 Å². The van der Waals surface area contributed by atoms with Crippen molar-refractivity contribution >= 4 is 11.6 Å². The number of nitrogens with zero attached hydrogens (tertiary/aromatic N) is 4. The van der Waals surface area contributed by atoms with Crippen LogP contribution in [0.5, 0.6) is 11.5 Å². The van der Waals surface area contributed by atoms with Crippen LogP contribution < -0.4 is 14.8 Å². The number of fused-ring (bicyclic) bond motifs is 1. The molecule has 2 aromatic heterocycles. The first-order valence-electron chi connectivity index (χ1n) is 9.37. The fraction of sp³-hybridized carbons (Fsp3) is 0.227. The second kappa shape index (κ2) is 8.18. The molecule has 0 aliphatic carbocycles. The third-order valence-corrected chi connectivity index (χ3v) is 4.83. The van der Waals surface area contributed by atoms with Crippen molar-refractivity contribution in [3.63, 3.8) is 0 Å². The Hall–Kier alpha value is -3.61. The van der Waals surface area contributed by atoms with Gasteiger partial charge in [0.1, 0.15) is 23.6 Å². The van der Waals surface area contributed by atoms with Crippen molar-refractivity contribution in [3.05, 3.63) is 77.2 Å². The molecule has 7 nitrogen and oxygen atoms in total. The van der Waals surface area contributed by atoms with E-state index in [2.05, 4.69) is 32.5 Å². The molecule has 0 spiro atoms. The van der Waals surface area contributed by atoms with Crippen LogP contribution in [0.15, 0.2) is 54.9 Å². The van der Waals surface area contributed by atoms with Crippen molar-refractivity contribution < 1.29 is 9.47 Å². The molecule has 0 unspecified atom stereocenters. The molecule has 148 valence electrons. The zero-order valence-corrected chi connectivity index (χ0v) is 16.7. The maximum absolute atomic E-state index is 5.38. The lowest BCUT2D eigenvalue weighted by molar-refractivity contribution is 0.393. The van der Waals surface area contributed by atoms with Crippen molar-refractivity contribution in [1.82, 2.24) is 19.6 Å². The number of aromatic nitrogens is 4. The van der Waals surface area contributed by atoms with Gasteiger partial charge >= 0.3 is 0 Å². The molecule has 0 atom stereocenters. The maximum Gasteiger partial charge on any atom is 0.254 e. The molecule has 4 aromatic rings. The molecular formula is C22H23N5O2. The largest absolute Gasteiger partial charge is 0.497 e. The third kappa shape index (κ3) is 3.99. The molecule has 0 fully saturated rings. The molecule has 0 saturated carbocycles. The van der Waals surface area contributed by atoms with E-state index in [1.165, 1.54) is 11.9 Å². The van der Waals surface area contributed by atoms with E-state index in [9.17, 15) is 0 Å². The molecule has 2 heterocycles. The number of hydrogen-bond acceptors (Lipinski definition) is 6. The minimum atomic E-state index is 0.574. The summed E-state index contributed by atoms with van der Waals surface area (Å²) in [5.74, 6) is 2.96. The molecule has 0 saturated heterocycles. The van der Waals surface area contributed by atoms with E-state index >= 15 is 0 Å². The first kappa shape index (κ1) is 18.7. The quantitative estimate of drug-likeness (QED) is 0.520. The van der Waals surface area contributed by atoms with Gasteiger partial charge in [-0.3, -0.25) is 0 Å². The summed E-state index contributed by atoms with van der Waals surface area (Å²) in [6.45, 7) is 2.58. The van der Waals surface area contributed by atoms with Gasteiger partial charge in [0.15, 0.2) is 0 Å². The third-order valence-electron chi connectivity index (χ3n) is 4.83. The standard InChI is InChI=1S/C22H23N5O2/c1-15-20(11-16-7-5-4-6-8-16)21(27-22(26-15)24-14-25-27)23-13-17-9-18(28-2)12-19(10-17)29-3/h4-10,12,14,23H,11,13H2,1-3H3. The highest BCUT2D eigenvalue weighted by atomic mass is 16.5. The number of aryl methyl sites for hydroxylation is 1. The molecular weight excluding hydrogens is 366 g/mol. The van der Waals surface area contributed by atoms with Crippen LogP contribution in [0.1, 0.15) is 22.4 Å². The predicted molar refractivity (Wildman–Crippen MR) is 112 cm³/mol. The summed E-state index contributed by atoms with van der Waals surface area (Å²) in [5, 5.41) is 7.90. The van der Waals surface area contributed by atoms with Crippen LogP contribution in [0.4, 0.5) is 5.82 Å². The lowest BCUT2D eigenvalue weighted by atomic mass is 10.0. The van der Waals surface area contributed by atoms with Gasteiger partial charge < -0.3 is 14.8 Å². The number of hydrogen-bond donors (Lipinski definition) is 1.